The van der Waals surface area contributed by atoms with Gasteiger partial charge in [0.2, 0.25) is 0 Å². The average Bonchev–Trinajstić information content (AvgIpc) is 2.49. The van der Waals surface area contributed by atoms with Gasteiger partial charge in [-0.2, -0.15) is 0 Å². The fourth-order valence-corrected chi connectivity index (χ4v) is 1.66. The number of nitrogens with zero attached hydrogens (tertiary/aromatic N) is 1. The summed E-state index contributed by atoms with van der Waals surface area (Å²) < 4.78 is 0. The minimum Gasteiger partial charge on any atom is -0.386 e. The Morgan fingerprint density at radius 1 is 1.64 bits per heavy atom. The first-order chi connectivity index (χ1) is 6.52. The summed E-state index contributed by atoms with van der Waals surface area (Å²) >= 11 is 0. The SMILES string of the molecule is CC(C)NC(=O)N1CCCC1C(=N)N. The second-order valence-electron chi connectivity index (χ2n) is 3.91. The summed E-state index contributed by atoms with van der Waals surface area (Å²) in [5.74, 6) is 0.0846. The Morgan fingerprint density at radius 3 is 2.79 bits per heavy atom. The van der Waals surface area contributed by atoms with Crippen molar-refractivity contribution < 1.29 is 4.79 Å². The Bertz CT molecular complexity index is 239. The first kappa shape index (κ1) is 10.8. The van der Waals surface area contributed by atoms with Gasteiger partial charge in [-0.05, 0) is 26.7 Å². The highest BCUT2D eigenvalue weighted by Gasteiger charge is 2.30. The maximum atomic E-state index is 11.6. The van der Waals surface area contributed by atoms with Crippen molar-refractivity contribution >= 4 is 11.9 Å². The molecule has 1 atom stereocenters. The second-order valence-corrected chi connectivity index (χ2v) is 3.91. The molecule has 1 fully saturated rings. The predicted octanol–water partition coefficient (Wildman–Crippen LogP) is 0.505. The van der Waals surface area contributed by atoms with Crippen LogP contribution in [0.2, 0.25) is 0 Å². The van der Waals surface area contributed by atoms with Crippen LogP contribution in [0, 0.1) is 5.41 Å². The summed E-state index contributed by atoms with van der Waals surface area (Å²) in [6.07, 6.45) is 1.73. The van der Waals surface area contributed by atoms with Crippen LogP contribution in [-0.2, 0) is 0 Å². The van der Waals surface area contributed by atoms with E-state index in [9.17, 15) is 4.79 Å². The number of carbonyl (C=O) groups excluding carboxylic acids is 1. The molecule has 1 saturated heterocycles. The van der Waals surface area contributed by atoms with Crippen LogP contribution in [0.25, 0.3) is 0 Å². The minimum atomic E-state index is -0.200. The molecule has 0 bridgehead atoms. The van der Waals surface area contributed by atoms with Gasteiger partial charge in [-0.25, -0.2) is 4.79 Å². The highest BCUT2D eigenvalue weighted by Crippen LogP contribution is 2.16. The molecule has 80 valence electrons. The molecule has 0 radical (unpaired) electrons. The van der Waals surface area contributed by atoms with Gasteiger partial charge in [0.25, 0.3) is 0 Å². The molecular weight excluding hydrogens is 180 g/mol. The summed E-state index contributed by atoms with van der Waals surface area (Å²) in [6, 6.07) is -0.192. The molecule has 0 saturated carbocycles. The molecule has 0 spiro atoms. The molecule has 1 rings (SSSR count). The molecule has 1 aliphatic heterocycles. The van der Waals surface area contributed by atoms with Crippen molar-refractivity contribution in [3.63, 3.8) is 0 Å². The normalized spacial score (nSPS) is 21.4. The molecule has 4 N–H and O–H groups in total. The van der Waals surface area contributed by atoms with Crippen molar-refractivity contribution in [1.29, 1.82) is 5.41 Å². The van der Waals surface area contributed by atoms with Crippen molar-refractivity contribution in [3.05, 3.63) is 0 Å². The van der Waals surface area contributed by atoms with Crippen LogP contribution in [0.3, 0.4) is 0 Å². The zero-order chi connectivity index (χ0) is 10.7. The molecule has 1 heterocycles. The number of likely N-dealkylation sites (tertiary alicyclic amines) is 1. The summed E-state index contributed by atoms with van der Waals surface area (Å²) in [5, 5.41) is 10.2. The summed E-state index contributed by atoms with van der Waals surface area (Å²) in [6.45, 7) is 4.52. The number of rotatable bonds is 2. The first-order valence-corrected chi connectivity index (χ1v) is 4.93. The van der Waals surface area contributed by atoms with E-state index in [1.54, 1.807) is 4.90 Å². The van der Waals surface area contributed by atoms with E-state index in [-0.39, 0.29) is 24.0 Å². The van der Waals surface area contributed by atoms with E-state index in [1.165, 1.54) is 0 Å². The van der Waals surface area contributed by atoms with E-state index in [2.05, 4.69) is 5.32 Å². The number of urea groups is 1. The summed E-state index contributed by atoms with van der Waals surface area (Å²) in [4.78, 5) is 13.3. The highest BCUT2D eigenvalue weighted by molar-refractivity contribution is 5.88. The summed E-state index contributed by atoms with van der Waals surface area (Å²) in [5.41, 5.74) is 5.42. The van der Waals surface area contributed by atoms with Crippen LogP contribution in [0.15, 0.2) is 0 Å². The van der Waals surface area contributed by atoms with Crippen molar-refractivity contribution in [1.82, 2.24) is 10.2 Å². The number of amides is 2. The summed E-state index contributed by atoms with van der Waals surface area (Å²) in [7, 11) is 0. The topological polar surface area (TPSA) is 82.2 Å². The van der Waals surface area contributed by atoms with E-state index in [4.69, 9.17) is 11.1 Å². The van der Waals surface area contributed by atoms with E-state index >= 15 is 0 Å². The quantitative estimate of drug-likeness (QED) is 0.446. The van der Waals surface area contributed by atoms with Gasteiger partial charge in [0.05, 0.1) is 6.04 Å². The smallest absolute Gasteiger partial charge is 0.318 e. The Labute approximate surface area is 84.1 Å². The van der Waals surface area contributed by atoms with Crippen LogP contribution in [-0.4, -0.2) is 35.4 Å². The number of nitrogens with two attached hydrogens (primary N) is 1. The van der Waals surface area contributed by atoms with Gasteiger partial charge in [0, 0.05) is 12.6 Å². The maximum Gasteiger partial charge on any atom is 0.318 e. The molecule has 1 aliphatic rings. The van der Waals surface area contributed by atoms with Crippen molar-refractivity contribution in [2.75, 3.05) is 6.54 Å². The van der Waals surface area contributed by atoms with E-state index in [0.29, 0.717) is 6.54 Å². The third kappa shape index (κ3) is 2.37. The predicted molar refractivity (Wildman–Crippen MR) is 55.3 cm³/mol. The van der Waals surface area contributed by atoms with E-state index in [1.807, 2.05) is 13.8 Å². The lowest BCUT2D eigenvalue weighted by Crippen LogP contribution is -2.49. The molecule has 0 aromatic rings. The van der Waals surface area contributed by atoms with Gasteiger partial charge in [0.1, 0.15) is 5.84 Å². The molecule has 1 unspecified atom stereocenters. The van der Waals surface area contributed by atoms with Gasteiger partial charge in [-0.15, -0.1) is 0 Å². The molecule has 0 aromatic heterocycles. The molecule has 0 aliphatic carbocycles. The first-order valence-electron chi connectivity index (χ1n) is 4.93. The lowest BCUT2D eigenvalue weighted by atomic mass is 10.2. The molecule has 14 heavy (non-hydrogen) atoms. The Hall–Kier alpha value is -1.26. The van der Waals surface area contributed by atoms with E-state index < -0.39 is 0 Å². The van der Waals surface area contributed by atoms with Crippen molar-refractivity contribution in [2.45, 2.75) is 38.8 Å². The third-order valence-electron chi connectivity index (χ3n) is 2.28. The van der Waals surface area contributed by atoms with Gasteiger partial charge >= 0.3 is 6.03 Å². The van der Waals surface area contributed by atoms with Gasteiger partial charge < -0.3 is 16.0 Å². The van der Waals surface area contributed by atoms with Crippen LogP contribution in [0.4, 0.5) is 4.79 Å². The fourth-order valence-electron chi connectivity index (χ4n) is 1.66. The zero-order valence-corrected chi connectivity index (χ0v) is 8.71. The van der Waals surface area contributed by atoms with Crippen LogP contribution in [0.5, 0.6) is 0 Å². The van der Waals surface area contributed by atoms with Gasteiger partial charge in [0.15, 0.2) is 0 Å². The van der Waals surface area contributed by atoms with Crippen LogP contribution >= 0.6 is 0 Å². The molecule has 5 nitrogen and oxygen atoms in total. The molecule has 0 aromatic carbocycles. The largest absolute Gasteiger partial charge is 0.386 e. The van der Waals surface area contributed by atoms with Gasteiger partial charge in [-0.3, -0.25) is 5.41 Å². The zero-order valence-electron chi connectivity index (χ0n) is 8.71. The maximum absolute atomic E-state index is 11.6. The third-order valence-corrected chi connectivity index (χ3v) is 2.28. The van der Waals surface area contributed by atoms with E-state index in [0.717, 1.165) is 12.8 Å². The lowest BCUT2D eigenvalue weighted by Gasteiger charge is -2.24. The van der Waals surface area contributed by atoms with Gasteiger partial charge in [-0.1, -0.05) is 0 Å². The van der Waals surface area contributed by atoms with Crippen LogP contribution < -0.4 is 11.1 Å². The minimum absolute atomic E-state index is 0.0846. The number of nitrogens with one attached hydrogen (secondary N) is 2. The Balaban J connectivity index is 2.58. The Morgan fingerprint density at radius 2 is 2.29 bits per heavy atom. The fraction of sp³-hybridized carbons (Fsp3) is 0.778. The number of carbonyl (C=O) groups is 1. The van der Waals surface area contributed by atoms with Crippen molar-refractivity contribution in [3.8, 4) is 0 Å². The highest BCUT2D eigenvalue weighted by atomic mass is 16.2. The average molecular weight is 198 g/mol. The number of amidine groups is 1. The Kier molecular flexibility index (Phi) is 3.33. The number of hydrogen-bond acceptors (Lipinski definition) is 2. The monoisotopic (exact) mass is 198 g/mol. The van der Waals surface area contributed by atoms with Crippen LogP contribution in [0.1, 0.15) is 26.7 Å². The lowest BCUT2D eigenvalue weighted by molar-refractivity contribution is 0.200. The molecule has 2 amide bonds. The van der Waals surface area contributed by atoms with Crippen molar-refractivity contribution in [2.24, 2.45) is 5.73 Å². The number of hydrogen-bond donors (Lipinski definition) is 3. The second kappa shape index (κ2) is 4.30. The standard InChI is InChI=1S/C9H18N4O/c1-6(2)12-9(14)13-5-3-4-7(13)8(10)11/h6-7H,3-5H2,1-2H3,(H3,10,11)(H,12,14). The molecule has 5 heteroatoms. The molecular formula is C9H18N4O.